The minimum atomic E-state index is -0.610. The number of methoxy groups -OCH3 is 1. The van der Waals surface area contributed by atoms with Crippen LogP contribution in [0, 0.1) is 5.92 Å². The van der Waals surface area contributed by atoms with Crippen LogP contribution >= 0.6 is 0 Å². The number of rotatable bonds is 7. The Labute approximate surface area is 142 Å². The van der Waals surface area contributed by atoms with Crippen molar-refractivity contribution in [3.8, 4) is 0 Å². The molecule has 0 saturated carbocycles. The predicted octanol–water partition coefficient (Wildman–Crippen LogP) is 4.18. The van der Waals surface area contributed by atoms with Gasteiger partial charge in [0.05, 0.1) is 13.0 Å². The van der Waals surface area contributed by atoms with Crippen molar-refractivity contribution < 1.29 is 14.3 Å². The maximum atomic E-state index is 12.9. The van der Waals surface area contributed by atoms with E-state index in [-0.39, 0.29) is 11.4 Å². The van der Waals surface area contributed by atoms with Crippen LogP contribution in [0.5, 0.6) is 0 Å². The van der Waals surface area contributed by atoms with Crippen LogP contribution in [0.2, 0.25) is 0 Å². The van der Waals surface area contributed by atoms with Gasteiger partial charge in [0, 0.05) is 17.1 Å². The predicted molar refractivity (Wildman–Crippen MR) is 94.8 cm³/mol. The molecule has 0 bridgehead atoms. The van der Waals surface area contributed by atoms with E-state index >= 15 is 0 Å². The Bertz CT molecular complexity index is 732. The van der Waals surface area contributed by atoms with Gasteiger partial charge in [0.25, 0.3) is 0 Å². The molecule has 3 heteroatoms. The number of Topliss-reactive ketones (excluding diaryl/α,β-unsaturated/α-hetero) is 1. The van der Waals surface area contributed by atoms with Gasteiger partial charge in [-0.3, -0.25) is 4.79 Å². The maximum Gasteiger partial charge on any atom is 0.333 e. The fourth-order valence-electron chi connectivity index (χ4n) is 2.73. The van der Waals surface area contributed by atoms with E-state index in [2.05, 4.69) is 13.2 Å². The summed E-state index contributed by atoms with van der Waals surface area (Å²) < 4.78 is 4.81. The van der Waals surface area contributed by atoms with Gasteiger partial charge in [-0.1, -0.05) is 73.3 Å². The fourth-order valence-corrected chi connectivity index (χ4v) is 2.73. The highest BCUT2D eigenvalue weighted by Crippen LogP contribution is 2.34. The number of ketones is 1. The largest absolute Gasteiger partial charge is 0.466 e. The van der Waals surface area contributed by atoms with Crippen molar-refractivity contribution >= 4 is 11.8 Å². The van der Waals surface area contributed by atoms with Crippen molar-refractivity contribution in [2.45, 2.75) is 5.92 Å². The second-order valence-corrected chi connectivity index (χ2v) is 5.40. The fraction of sp³-hybridized carbons (Fsp3) is 0.143. The first-order valence-electron chi connectivity index (χ1n) is 7.64. The lowest BCUT2D eigenvalue weighted by molar-refractivity contribution is -0.136. The summed E-state index contributed by atoms with van der Waals surface area (Å²) >= 11 is 0. The number of allylic oxidation sites excluding steroid dienone is 1. The van der Waals surface area contributed by atoms with Crippen molar-refractivity contribution in [2.24, 2.45) is 5.92 Å². The number of hydrogen-bond acceptors (Lipinski definition) is 3. The molecule has 0 fully saturated rings. The summed E-state index contributed by atoms with van der Waals surface area (Å²) in [6.45, 7) is 7.68. The van der Waals surface area contributed by atoms with E-state index < -0.39 is 17.8 Å². The van der Waals surface area contributed by atoms with E-state index in [1.165, 1.54) is 7.11 Å². The number of carbonyl (C=O) groups is 2. The Morgan fingerprint density at radius 2 is 1.54 bits per heavy atom. The molecule has 0 aromatic heterocycles. The Kier molecular flexibility index (Phi) is 5.85. The average Bonchev–Trinajstić information content (AvgIpc) is 2.65. The Hall–Kier alpha value is -2.94. The van der Waals surface area contributed by atoms with Crippen LogP contribution in [-0.2, 0) is 9.53 Å². The first kappa shape index (κ1) is 17.4. The molecule has 24 heavy (non-hydrogen) atoms. The average molecular weight is 320 g/mol. The molecule has 0 N–H and O–H groups in total. The highest BCUT2D eigenvalue weighted by Gasteiger charge is 2.33. The lowest BCUT2D eigenvalue weighted by Crippen LogP contribution is -2.25. The van der Waals surface area contributed by atoms with Gasteiger partial charge in [-0.15, -0.1) is 6.58 Å². The van der Waals surface area contributed by atoms with Crippen molar-refractivity contribution in [2.75, 3.05) is 7.11 Å². The third-order valence-corrected chi connectivity index (χ3v) is 3.96. The van der Waals surface area contributed by atoms with Crippen LogP contribution in [0.25, 0.3) is 0 Å². The van der Waals surface area contributed by atoms with Gasteiger partial charge in [-0.05, 0) is 5.56 Å². The van der Waals surface area contributed by atoms with E-state index in [0.717, 1.165) is 5.56 Å². The summed E-state index contributed by atoms with van der Waals surface area (Å²) in [6, 6.07) is 18.3. The van der Waals surface area contributed by atoms with Crippen molar-refractivity contribution in [3.05, 3.63) is 96.6 Å². The molecule has 3 nitrogen and oxygen atoms in total. The normalized spacial score (nSPS) is 12.7. The molecule has 0 radical (unpaired) electrons. The second kappa shape index (κ2) is 8.06. The molecule has 0 aliphatic carbocycles. The van der Waals surface area contributed by atoms with Gasteiger partial charge in [0.15, 0.2) is 5.78 Å². The molecule has 0 heterocycles. The summed E-state index contributed by atoms with van der Waals surface area (Å²) in [5.74, 6) is -1.77. The first-order valence-corrected chi connectivity index (χ1v) is 7.64. The van der Waals surface area contributed by atoms with Gasteiger partial charge < -0.3 is 4.74 Å². The topological polar surface area (TPSA) is 43.4 Å². The zero-order valence-electron chi connectivity index (χ0n) is 13.6. The number of hydrogen-bond donors (Lipinski definition) is 0. The minimum absolute atomic E-state index is 0.107. The molecule has 2 aromatic rings. The van der Waals surface area contributed by atoms with Crippen LogP contribution in [0.1, 0.15) is 21.8 Å². The number of ether oxygens (including phenoxy) is 1. The molecule has 0 unspecified atom stereocenters. The van der Waals surface area contributed by atoms with Crippen LogP contribution in [0.15, 0.2) is 85.5 Å². The van der Waals surface area contributed by atoms with E-state index in [1.54, 1.807) is 30.3 Å². The van der Waals surface area contributed by atoms with Gasteiger partial charge in [-0.2, -0.15) is 0 Å². The zero-order valence-corrected chi connectivity index (χ0v) is 13.6. The van der Waals surface area contributed by atoms with Crippen LogP contribution in [0.4, 0.5) is 0 Å². The lowest BCUT2D eigenvalue weighted by Gasteiger charge is -2.25. The van der Waals surface area contributed by atoms with Gasteiger partial charge >= 0.3 is 5.97 Å². The third kappa shape index (κ3) is 3.69. The maximum absolute atomic E-state index is 12.9. The lowest BCUT2D eigenvalue weighted by atomic mass is 9.77. The van der Waals surface area contributed by atoms with E-state index in [4.69, 9.17) is 4.74 Å². The Morgan fingerprint density at radius 1 is 1.00 bits per heavy atom. The minimum Gasteiger partial charge on any atom is -0.466 e. The molecular weight excluding hydrogens is 300 g/mol. The molecule has 0 saturated heterocycles. The molecule has 2 rings (SSSR count). The van der Waals surface area contributed by atoms with Crippen molar-refractivity contribution in [3.63, 3.8) is 0 Å². The van der Waals surface area contributed by atoms with Crippen LogP contribution < -0.4 is 0 Å². The van der Waals surface area contributed by atoms with Gasteiger partial charge in [-0.25, -0.2) is 4.79 Å². The van der Waals surface area contributed by atoms with Gasteiger partial charge in [0.2, 0.25) is 0 Å². The van der Waals surface area contributed by atoms with E-state index in [0.29, 0.717) is 5.56 Å². The van der Waals surface area contributed by atoms with E-state index in [9.17, 15) is 9.59 Å². The summed E-state index contributed by atoms with van der Waals surface area (Å²) in [6.07, 6.45) is 1.57. The van der Waals surface area contributed by atoms with Crippen LogP contribution in [0.3, 0.4) is 0 Å². The smallest absolute Gasteiger partial charge is 0.333 e. The number of esters is 1. The molecule has 0 amide bonds. The second-order valence-electron chi connectivity index (χ2n) is 5.40. The summed E-state index contributed by atoms with van der Waals surface area (Å²) in [7, 11) is 1.30. The molecule has 0 aliphatic rings. The molecular formula is C21H20O3. The SMILES string of the molecule is C=C[C@H](C(=O)c1ccccc1)[C@@H](C(=C)C(=O)OC)c1ccccc1. The summed E-state index contributed by atoms with van der Waals surface area (Å²) in [4.78, 5) is 25.0. The molecule has 122 valence electrons. The first-order chi connectivity index (χ1) is 11.6. The summed E-state index contributed by atoms with van der Waals surface area (Å²) in [5.41, 5.74) is 1.63. The number of benzene rings is 2. The Morgan fingerprint density at radius 3 is 2.04 bits per heavy atom. The highest BCUT2D eigenvalue weighted by molar-refractivity contribution is 6.01. The van der Waals surface area contributed by atoms with Crippen molar-refractivity contribution in [1.29, 1.82) is 0 Å². The molecule has 0 aliphatic heterocycles. The molecule has 0 spiro atoms. The quantitative estimate of drug-likeness (QED) is 0.332. The van der Waals surface area contributed by atoms with Crippen molar-refractivity contribution in [1.82, 2.24) is 0 Å². The number of carbonyl (C=O) groups excluding carboxylic acids is 2. The standard InChI is InChI=1S/C21H20O3/c1-4-18(20(22)17-13-9-6-10-14-17)19(15(2)21(23)24-3)16-11-7-5-8-12-16/h4-14,18-19H,1-2H2,3H3/t18-,19-/m0/s1. The zero-order chi connectivity index (χ0) is 17.5. The van der Waals surface area contributed by atoms with Crippen LogP contribution in [-0.4, -0.2) is 18.9 Å². The molecule has 2 atom stereocenters. The monoisotopic (exact) mass is 320 g/mol. The molecule has 2 aromatic carbocycles. The Balaban J connectivity index is 2.48. The highest BCUT2D eigenvalue weighted by atomic mass is 16.5. The van der Waals surface area contributed by atoms with Gasteiger partial charge in [0.1, 0.15) is 0 Å². The summed E-state index contributed by atoms with van der Waals surface area (Å²) in [5, 5.41) is 0. The van der Waals surface area contributed by atoms with E-state index in [1.807, 2.05) is 36.4 Å². The third-order valence-electron chi connectivity index (χ3n) is 3.96.